The molecule has 1 aliphatic heterocycles. The van der Waals surface area contributed by atoms with E-state index in [0.717, 1.165) is 16.0 Å². The van der Waals surface area contributed by atoms with Gasteiger partial charge in [0, 0.05) is 27.4 Å². The number of piperidine rings is 1. The van der Waals surface area contributed by atoms with Gasteiger partial charge < -0.3 is 5.32 Å². The Bertz CT molecular complexity index is 1020. The maximum absolute atomic E-state index is 13.3. The first kappa shape index (κ1) is 20.5. The van der Waals surface area contributed by atoms with Gasteiger partial charge >= 0.3 is 0 Å². The number of thioether (sulfide) groups is 1. The number of halogens is 2. The number of Topliss-reactive ketones (excluding diaryl/α,β-unsaturated/α-hetero) is 1. The Morgan fingerprint density at radius 2 is 1.45 bits per heavy atom. The highest BCUT2D eigenvalue weighted by molar-refractivity contribution is 8.00. The second-order valence-electron chi connectivity index (χ2n) is 7.26. The Hall–Kier alpha value is -1.78. The number of hydrogen-bond acceptors (Lipinski definition) is 3. The Balaban J connectivity index is 1.70. The minimum absolute atomic E-state index is 0.146. The molecule has 1 N–H and O–H groups in total. The van der Waals surface area contributed by atoms with Gasteiger partial charge in [-0.3, -0.25) is 4.79 Å². The van der Waals surface area contributed by atoms with Crippen LogP contribution in [0.25, 0.3) is 0 Å². The number of nitrogens with one attached hydrogen (secondary N) is 1. The van der Waals surface area contributed by atoms with E-state index in [1.165, 1.54) is 5.56 Å². The van der Waals surface area contributed by atoms with E-state index in [-0.39, 0.29) is 23.1 Å². The third-order valence-corrected chi connectivity index (χ3v) is 7.23. The van der Waals surface area contributed by atoms with Gasteiger partial charge in [-0.2, -0.15) is 0 Å². The summed E-state index contributed by atoms with van der Waals surface area (Å²) in [6.07, 6.45) is 0.397. The van der Waals surface area contributed by atoms with Crippen LogP contribution in [-0.4, -0.2) is 11.0 Å². The molecule has 0 radical (unpaired) electrons. The molecule has 0 bridgehead atoms. The van der Waals surface area contributed by atoms with Gasteiger partial charge in [-0.25, -0.2) is 0 Å². The number of ketones is 1. The predicted molar refractivity (Wildman–Crippen MR) is 122 cm³/mol. The van der Waals surface area contributed by atoms with Gasteiger partial charge in [0.05, 0.1) is 11.3 Å². The molecule has 0 aromatic heterocycles. The van der Waals surface area contributed by atoms with Gasteiger partial charge in [-0.05, 0) is 42.3 Å². The minimum Gasteiger partial charge on any atom is -0.301 e. The molecule has 3 aromatic rings. The van der Waals surface area contributed by atoms with E-state index in [4.69, 9.17) is 23.2 Å². The molecule has 3 atom stereocenters. The fraction of sp³-hybridized carbons (Fsp3) is 0.208. The Morgan fingerprint density at radius 1 is 0.862 bits per heavy atom. The van der Waals surface area contributed by atoms with Crippen molar-refractivity contribution in [2.75, 3.05) is 0 Å². The Labute approximate surface area is 185 Å². The van der Waals surface area contributed by atoms with Crippen molar-refractivity contribution < 1.29 is 4.79 Å². The zero-order chi connectivity index (χ0) is 20.4. The molecule has 0 aliphatic carbocycles. The van der Waals surface area contributed by atoms with Crippen molar-refractivity contribution in [1.82, 2.24) is 5.32 Å². The van der Waals surface area contributed by atoms with Gasteiger partial charge in [0.15, 0.2) is 0 Å². The fourth-order valence-corrected chi connectivity index (χ4v) is 5.40. The molecule has 148 valence electrons. The summed E-state index contributed by atoms with van der Waals surface area (Å²) >= 11 is 14.6. The number of carbonyl (C=O) groups is 1. The maximum atomic E-state index is 13.3. The lowest BCUT2D eigenvalue weighted by atomic mass is 9.88. The zero-order valence-corrected chi connectivity index (χ0v) is 18.3. The largest absolute Gasteiger partial charge is 0.301 e. The van der Waals surface area contributed by atoms with Crippen LogP contribution in [-0.2, 0) is 4.79 Å². The van der Waals surface area contributed by atoms with Crippen LogP contribution >= 0.6 is 35.0 Å². The molecule has 1 fully saturated rings. The smallest absolute Gasteiger partial charge is 0.150 e. The van der Waals surface area contributed by atoms with Crippen LogP contribution in [0.2, 0.25) is 10.0 Å². The molecular formula is C24H21Cl2NOS. The van der Waals surface area contributed by atoms with Crippen molar-refractivity contribution >= 4 is 40.7 Å². The minimum atomic E-state index is -0.267. The van der Waals surface area contributed by atoms with Crippen LogP contribution in [0, 0.1) is 6.92 Å². The first-order valence-corrected chi connectivity index (χ1v) is 11.2. The second-order valence-corrected chi connectivity index (χ2v) is 9.29. The average Bonchev–Trinajstić information content (AvgIpc) is 2.72. The van der Waals surface area contributed by atoms with Gasteiger partial charge in [0.2, 0.25) is 0 Å². The third-order valence-electron chi connectivity index (χ3n) is 5.21. The molecule has 5 heteroatoms. The van der Waals surface area contributed by atoms with Crippen molar-refractivity contribution in [3.8, 4) is 0 Å². The van der Waals surface area contributed by atoms with Crippen molar-refractivity contribution in [1.29, 1.82) is 0 Å². The van der Waals surface area contributed by atoms with Gasteiger partial charge in [-0.15, -0.1) is 11.8 Å². The molecule has 2 nitrogen and oxygen atoms in total. The Morgan fingerprint density at radius 3 is 2.07 bits per heavy atom. The number of rotatable bonds is 4. The molecule has 29 heavy (non-hydrogen) atoms. The molecule has 1 saturated heterocycles. The summed E-state index contributed by atoms with van der Waals surface area (Å²) in [7, 11) is 0. The van der Waals surface area contributed by atoms with E-state index in [0.29, 0.717) is 16.5 Å². The summed E-state index contributed by atoms with van der Waals surface area (Å²) in [5, 5.41) is 4.73. The van der Waals surface area contributed by atoms with Crippen LogP contribution in [0.5, 0.6) is 0 Å². The maximum Gasteiger partial charge on any atom is 0.150 e. The summed E-state index contributed by atoms with van der Waals surface area (Å²) in [5.41, 5.74) is 3.08. The predicted octanol–water partition coefficient (Wildman–Crippen LogP) is 6.81. The molecule has 1 heterocycles. The highest BCUT2D eigenvalue weighted by Crippen LogP contribution is 2.42. The topological polar surface area (TPSA) is 29.1 Å². The summed E-state index contributed by atoms with van der Waals surface area (Å²) in [6.45, 7) is 2.06. The first-order valence-electron chi connectivity index (χ1n) is 9.54. The average molecular weight is 442 g/mol. The van der Waals surface area contributed by atoms with Crippen LogP contribution in [0.1, 0.15) is 35.2 Å². The standard InChI is InChI=1S/C24H21Cl2NOS/c1-15-10-12-16(13-11-15)29-24-22(28)14-21(17-6-2-4-8-19(17)25)27-23(24)18-7-3-5-9-20(18)26/h2-13,21,23-24,27H,14H2,1H3. The normalized spacial score (nSPS) is 21.9. The van der Waals surface area contributed by atoms with Gasteiger partial charge in [-0.1, -0.05) is 77.3 Å². The highest BCUT2D eigenvalue weighted by atomic mass is 35.5. The second kappa shape index (κ2) is 8.93. The summed E-state index contributed by atoms with van der Waals surface area (Å²) in [4.78, 5) is 14.4. The molecule has 0 saturated carbocycles. The number of benzene rings is 3. The molecule has 3 unspecified atom stereocenters. The monoisotopic (exact) mass is 441 g/mol. The number of carbonyl (C=O) groups excluding carboxylic acids is 1. The summed E-state index contributed by atoms with van der Waals surface area (Å²) in [5.74, 6) is 0.198. The zero-order valence-electron chi connectivity index (χ0n) is 15.9. The highest BCUT2D eigenvalue weighted by Gasteiger charge is 2.39. The van der Waals surface area contributed by atoms with E-state index in [1.807, 2.05) is 48.5 Å². The van der Waals surface area contributed by atoms with E-state index < -0.39 is 0 Å². The van der Waals surface area contributed by atoms with E-state index >= 15 is 0 Å². The van der Waals surface area contributed by atoms with Crippen LogP contribution in [0.3, 0.4) is 0 Å². The molecule has 3 aromatic carbocycles. The molecule has 0 spiro atoms. The van der Waals surface area contributed by atoms with E-state index in [9.17, 15) is 4.79 Å². The van der Waals surface area contributed by atoms with Crippen molar-refractivity contribution in [3.63, 3.8) is 0 Å². The first-order chi connectivity index (χ1) is 14.0. The molecule has 0 amide bonds. The Kier molecular flexibility index (Phi) is 6.31. The van der Waals surface area contributed by atoms with Gasteiger partial charge in [0.1, 0.15) is 5.78 Å². The van der Waals surface area contributed by atoms with Crippen LogP contribution in [0.4, 0.5) is 0 Å². The van der Waals surface area contributed by atoms with Crippen LogP contribution < -0.4 is 5.32 Å². The van der Waals surface area contributed by atoms with Crippen LogP contribution in [0.15, 0.2) is 77.7 Å². The fourth-order valence-electron chi connectivity index (χ4n) is 3.70. The van der Waals surface area contributed by atoms with E-state index in [2.05, 4.69) is 36.5 Å². The lowest BCUT2D eigenvalue weighted by Crippen LogP contribution is -2.44. The van der Waals surface area contributed by atoms with Crippen molar-refractivity contribution in [2.24, 2.45) is 0 Å². The summed E-state index contributed by atoms with van der Waals surface area (Å²) in [6, 6.07) is 23.3. The summed E-state index contributed by atoms with van der Waals surface area (Å²) < 4.78 is 0. The lowest BCUT2D eigenvalue weighted by molar-refractivity contribution is -0.121. The number of aryl methyl sites for hydroxylation is 1. The SMILES string of the molecule is Cc1ccc(SC2C(=O)CC(c3ccccc3Cl)NC2c2ccccc2Cl)cc1. The number of hydrogen-bond donors (Lipinski definition) is 1. The van der Waals surface area contributed by atoms with E-state index in [1.54, 1.807) is 11.8 Å². The third kappa shape index (κ3) is 4.54. The molecule has 1 aliphatic rings. The van der Waals surface area contributed by atoms with Gasteiger partial charge in [0.25, 0.3) is 0 Å². The molecule has 4 rings (SSSR count). The lowest BCUT2D eigenvalue weighted by Gasteiger charge is -2.37. The molecular weight excluding hydrogens is 421 g/mol. The van der Waals surface area contributed by atoms with Crippen molar-refractivity contribution in [2.45, 2.75) is 35.6 Å². The van der Waals surface area contributed by atoms with Crippen molar-refractivity contribution in [3.05, 3.63) is 99.5 Å². The quantitative estimate of drug-likeness (QED) is 0.481.